The van der Waals surface area contributed by atoms with Gasteiger partial charge in [-0.25, -0.2) is 4.99 Å². The molecular formula is C11H21N5. The topological polar surface area (TPSA) is 68.2 Å². The second kappa shape index (κ2) is 4.55. The van der Waals surface area contributed by atoms with E-state index in [2.05, 4.69) is 15.4 Å². The summed E-state index contributed by atoms with van der Waals surface area (Å²) in [7, 11) is 1.90. The molecule has 0 aromatic carbocycles. The highest BCUT2D eigenvalue weighted by Gasteiger charge is 2.10. The molecule has 0 aliphatic carbocycles. The first-order valence-electron chi connectivity index (χ1n) is 5.35. The van der Waals surface area contributed by atoms with Crippen LogP contribution in [-0.2, 0) is 13.6 Å². The third kappa shape index (κ3) is 3.92. The van der Waals surface area contributed by atoms with Gasteiger partial charge in [0.1, 0.15) is 0 Å². The predicted molar refractivity (Wildman–Crippen MR) is 66.2 cm³/mol. The zero-order chi connectivity index (χ0) is 12.3. The van der Waals surface area contributed by atoms with E-state index in [1.165, 1.54) is 0 Å². The number of rotatable bonds is 2. The third-order valence-electron chi connectivity index (χ3n) is 2.04. The van der Waals surface area contributed by atoms with E-state index in [0.29, 0.717) is 12.5 Å². The summed E-state index contributed by atoms with van der Waals surface area (Å²) in [4.78, 5) is 4.28. The van der Waals surface area contributed by atoms with Crippen molar-refractivity contribution in [2.75, 3.05) is 0 Å². The van der Waals surface area contributed by atoms with Crippen LogP contribution >= 0.6 is 0 Å². The highest BCUT2D eigenvalue weighted by molar-refractivity contribution is 5.78. The quantitative estimate of drug-likeness (QED) is 0.579. The molecule has 1 aromatic rings. The molecule has 1 heterocycles. The number of hydrogen-bond acceptors (Lipinski definition) is 2. The Kier molecular flexibility index (Phi) is 3.57. The second-order valence-corrected chi connectivity index (χ2v) is 4.99. The number of hydrogen-bond donors (Lipinski definition) is 2. The van der Waals surface area contributed by atoms with Crippen LogP contribution in [0.1, 0.15) is 32.0 Å². The van der Waals surface area contributed by atoms with Crippen LogP contribution in [0.3, 0.4) is 0 Å². The SMILES string of the molecule is Cc1nn(C)cc1CN=C(N)NC(C)(C)C. The van der Waals surface area contributed by atoms with Gasteiger partial charge in [0, 0.05) is 24.3 Å². The molecule has 90 valence electrons. The van der Waals surface area contributed by atoms with Gasteiger partial charge in [-0.15, -0.1) is 0 Å². The van der Waals surface area contributed by atoms with E-state index in [1.54, 1.807) is 4.68 Å². The Labute approximate surface area is 96.7 Å². The number of guanidine groups is 1. The first kappa shape index (κ1) is 12.5. The van der Waals surface area contributed by atoms with Crippen molar-refractivity contribution >= 4 is 5.96 Å². The fraction of sp³-hybridized carbons (Fsp3) is 0.636. The smallest absolute Gasteiger partial charge is 0.189 e. The molecule has 0 unspecified atom stereocenters. The van der Waals surface area contributed by atoms with Crippen molar-refractivity contribution in [1.29, 1.82) is 0 Å². The number of aryl methyl sites for hydroxylation is 2. The highest BCUT2D eigenvalue weighted by Crippen LogP contribution is 2.06. The highest BCUT2D eigenvalue weighted by atomic mass is 15.3. The van der Waals surface area contributed by atoms with E-state index in [-0.39, 0.29) is 5.54 Å². The van der Waals surface area contributed by atoms with Gasteiger partial charge in [-0.3, -0.25) is 4.68 Å². The van der Waals surface area contributed by atoms with Gasteiger partial charge in [0.05, 0.1) is 12.2 Å². The van der Waals surface area contributed by atoms with E-state index < -0.39 is 0 Å². The van der Waals surface area contributed by atoms with Crippen molar-refractivity contribution in [1.82, 2.24) is 15.1 Å². The fourth-order valence-corrected chi connectivity index (χ4v) is 1.40. The normalized spacial score (nSPS) is 12.9. The van der Waals surface area contributed by atoms with Crippen LogP contribution in [0.15, 0.2) is 11.2 Å². The van der Waals surface area contributed by atoms with Gasteiger partial charge < -0.3 is 11.1 Å². The lowest BCUT2D eigenvalue weighted by Gasteiger charge is -2.20. The monoisotopic (exact) mass is 223 g/mol. The third-order valence-corrected chi connectivity index (χ3v) is 2.04. The zero-order valence-electron chi connectivity index (χ0n) is 10.7. The van der Waals surface area contributed by atoms with Crippen LogP contribution < -0.4 is 11.1 Å². The Bertz CT molecular complexity index is 384. The summed E-state index contributed by atoms with van der Waals surface area (Å²) in [6.07, 6.45) is 1.96. The van der Waals surface area contributed by atoms with Crippen molar-refractivity contribution < 1.29 is 0 Å². The van der Waals surface area contributed by atoms with Crippen LogP contribution in [-0.4, -0.2) is 21.3 Å². The second-order valence-electron chi connectivity index (χ2n) is 4.99. The van der Waals surface area contributed by atoms with Crippen LogP contribution in [0.2, 0.25) is 0 Å². The average molecular weight is 223 g/mol. The molecule has 3 N–H and O–H groups in total. The molecule has 16 heavy (non-hydrogen) atoms. The number of nitrogens with one attached hydrogen (secondary N) is 1. The Hall–Kier alpha value is -1.52. The molecule has 1 rings (SSSR count). The summed E-state index contributed by atoms with van der Waals surface area (Å²) in [5, 5.41) is 7.37. The molecule has 0 spiro atoms. The van der Waals surface area contributed by atoms with E-state index in [0.717, 1.165) is 11.3 Å². The van der Waals surface area contributed by atoms with Gasteiger partial charge in [-0.1, -0.05) is 0 Å². The molecule has 0 saturated carbocycles. The Morgan fingerprint density at radius 3 is 2.62 bits per heavy atom. The lowest BCUT2D eigenvalue weighted by Crippen LogP contribution is -2.44. The minimum Gasteiger partial charge on any atom is -0.370 e. The summed E-state index contributed by atoms with van der Waals surface area (Å²) in [6, 6.07) is 0. The summed E-state index contributed by atoms with van der Waals surface area (Å²) < 4.78 is 1.79. The van der Waals surface area contributed by atoms with Crippen LogP contribution in [0.5, 0.6) is 0 Å². The lowest BCUT2D eigenvalue weighted by molar-refractivity contribution is 0.508. The van der Waals surface area contributed by atoms with Crippen molar-refractivity contribution in [2.24, 2.45) is 17.8 Å². The van der Waals surface area contributed by atoms with Crippen LogP contribution in [0.25, 0.3) is 0 Å². The first-order valence-corrected chi connectivity index (χ1v) is 5.35. The van der Waals surface area contributed by atoms with Gasteiger partial charge in [-0.2, -0.15) is 5.10 Å². The molecule has 0 aliphatic rings. The molecule has 0 radical (unpaired) electrons. The number of aromatic nitrogens is 2. The molecule has 1 aromatic heterocycles. The molecule has 5 nitrogen and oxygen atoms in total. The summed E-state index contributed by atoms with van der Waals surface area (Å²) in [5.74, 6) is 0.468. The maximum atomic E-state index is 5.78. The molecular weight excluding hydrogens is 202 g/mol. The van der Waals surface area contributed by atoms with Crippen LogP contribution in [0, 0.1) is 6.92 Å². The minimum absolute atomic E-state index is 0.0580. The van der Waals surface area contributed by atoms with Gasteiger partial charge >= 0.3 is 0 Å². The molecule has 5 heteroatoms. The molecule has 0 atom stereocenters. The minimum atomic E-state index is -0.0580. The lowest BCUT2D eigenvalue weighted by atomic mass is 10.1. The predicted octanol–water partition coefficient (Wildman–Crippen LogP) is 0.931. The van der Waals surface area contributed by atoms with Crippen molar-refractivity contribution in [2.45, 2.75) is 39.8 Å². The summed E-state index contributed by atoms with van der Waals surface area (Å²) in [6.45, 7) is 8.67. The van der Waals surface area contributed by atoms with E-state index >= 15 is 0 Å². The van der Waals surface area contributed by atoms with Gasteiger partial charge in [0.15, 0.2) is 5.96 Å². The van der Waals surface area contributed by atoms with Crippen LogP contribution in [0.4, 0.5) is 0 Å². The van der Waals surface area contributed by atoms with Gasteiger partial charge in [0.25, 0.3) is 0 Å². The molecule has 0 saturated heterocycles. The average Bonchev–Trinajstić information content (AvgIpc) is 2.38. The maximum Gasteiger partial charge on any atom is 0.189 e. The summed E-state index contributed by atoms with van der Waals surface area (Å²) in [5.41, 5.74) is 7.81. The summed E-state index contributed by atoms with van der Waals surface area (Å²) >= 11 is 0. The van der Waals surface area contributed by atoms with E-state index in [4.69, 9.17) is 5.73 Å². The molecule has 0 bridgehead atoms. The Morgan fingerprint density at radius 1 is 1.56 bits per heavy atom. The van der Waals surface area contributed by atoms with E-state index in [9.17, 15) is 0 Å². The zero-order valence-corrected chi connectivity index (χ0v) is 10.7. The number of aliphatic imine (C=N–C) groups is 1. The van der Waals surface area contributed by atoms with E-state index in [1.807, 2.05) is 40.9 Å². The van der Waals surface area contributed by atoms with Crippen molar-refractivity contribution in [3.63, 3.8) is 0 Å². The Morgan fingerprint density at radius 2 is 2.19 bits per heavy atom. The Balaban J connectivity index is 2.62. The molecule has 0 aliphatic heterocycles. The maximum absolute atomic E-state index is 5.78. The van der Waals surface area contributed by atoms with Crippen molar-refractivity contribution in [3.05, 3.63) is 17.5 Å². The van der Waals surface area contributed by atoms with Gasteiger partial charge in [-0.05, 0) is 27.7 Å². The molecule has 0 amide bonds. The standard InChI is InChI=1S/C11H21N5/c1-8-9(7-16(5)15-8)6-13-10(12)14-11(2,3)4/h7H,6H2,1-5H3,(H3,12,13,14). The number of nitrogens with zero attached hydrogens (tertiary/aromatic N) is 3. The molecule has 0 fully saturated rings. The van der Waals surface area contributed by atoms with Crippen molar-refractivity contribution in [3.8, 4) is 0 Å². The largest absolute Gasteiger partial charge is 0.370 e. The van der Waals surface area contributed by atoms with Gasteiger partial charge in [0.2, 0.25) is 0 Å². The number of nitrogens with two attached hydrogens (primary N) is 1. The first-order chi connectivity index (χ1) is 7.28. The fourth-order valence-electron chi connectivity index (χ4n) is 1.40.